The van der Waals surface area contributed by atoms with Crippen LogP contribution in [0.1, 0.15) is 22.5 Å². The lowest BCUT2D eigenvalue weighted by atomic mass is 9.97. The molecule has 2 rings (SSSR count). The molecule has 5 nitrogen and oxygen atoms in total. The van der Waals surface area contributed by atoms with Gasteiger partial charge in [0.15, 0.2) is 0 Å². The molecule has 0 aliphatic carbocycles. The lowest BCUT2D eigenvalue weighted by Crippen LogP contribution is -2.41. The molecule has 0 radical (unpaired) electrons. The summed E-state index contributed by atoms with van der Waals surface area (Å²) in [6.07, 6.45) is 1.52. The van der Waals surface area contributed by atoms with E-state index in [1.54, 1.807) is 4.90 Å². The molecule has 7 heteroatoms. The van der Waals surface area contributed by atoms with E-state index in [4.69, 9.17) is 4.74 Å². The quantitative estimate of drug-likeness (QED) is 0.901. The predicted molar refractivity (Wildman–Crippen MR) is 81.1 cm³/mol. The molecule has 0 spiro atoms. The first-order valence-electron chi connectivity index (χ1n) is 6.45. The van der Waals surface area contributed by atoms with Gasteiger partial charge in [-0.3, -0.25) is 4.79 Å². The molecular formula is C13H17BrN2O3S. The van der Waals surface area contributed by atoms with Gasteiger partial charge in [-0.05, 0) is 40.8 Å². The summed E-state index contributed by atoms with van der Waals surface area (Å²) in [6.45, 7) is 2.04. The van der Waals surface area contributed by atoms with Gasteiger partial charge in [-0.2, -0.15) is 0 Å². The van der Waals surface area contributed by atoms with Crippen LogP contribution in [0.5, 0.6) is 0 Å². The first kappa shape index (κ1) is 15.3. The molecule has 2 amide bonds. The van der Waals surface area contributed by atoms with Crippen molar-refractivity contribution >= 4 is 39.3 Å². The second-order valence-corrected chi connectivity index (χ2v) is 6.57. The molecule has 1 aliphatic heterocycles. The smallest absolute Gasteiger partial charge is 0.409 e. The number of halogens is 1. The van der Waals surface area contributed by atoms with Gasteiger partial charge < -0.3 is 15.0 Å². The Balaban J connectivity index is 1.73. The van der Waals surface area contributed by atoms with Gasteiger partial charge >= 0.3 is 6.09 Å². The van der Waals surface area contributed by atoms with Crippen molar-refractivity contribution in [3.63, 3.8) is 0 Å². The fourth-order valence-electron chi connectivity index (χ4n) is 2.21. The van der Waals surface area contributed by atoms with Gasteiger partial charge in [0.2, 0.25) is 0 Å². The van der Waals surface area contributed by atoms with Gasteiger partial charge in [-0.15, -0.1) is 11.3 Å². The lowest BCUT2D eigenvalue weighted by molar-refractivity contribution is 0.0917. The van der Waals surface area contributed by atoms with Crippen molar-refractivity contribution in [2.24, 2.45) is 5.92 Å². The minimum absolute atomic E-state index is 0.0314. The molecule has 1 aliphatic rings. The summed E-state index contributed by atoms with van der Waals surface area (Å²) in [4.78, 5) is 25.7. The number of hydrogen-bond donors (Lipinski definition) is 1. The number of carbonyl (C=O) groups excluding carboxylic acids is 2. The molecule has 1 saturated heterocycles. The van der Waals surface area contributed by atoms with Crippen LogP contribution >= 0.6 is 27.3 Å². The minimum atomic E-state index is -0.268. The Labute approximate surface area is 130 Å². The standard InChI is InChI=1S/C13H17BrN2O3S/c1-19-13(18)16-4-2-9(3-5-16)7-15-12(17)11-6-10(14)8-20-11/h6,8-9H,2-5,7H2,1H3,(H,15,17). The summed E-state index contributed by atoms with van der Waals surface area (Å²) in [6, 6.07) is 1.82. The highest BCUT2D eigenvalue weighted by atomic mass is 79.9. The Bertz CT molecular complexity index is 484. The number of methoxy groups -OCH3 is 1. The van der Waals surface area contributed by atoms with Gasteiger partial charge in [-0.1, -0.05) is 0 Å². The van der Waals surface area contributed by atoms with Crippen LogP contribution in [0.2, 0.25) is 0 Å². The van der Waals surface area contributed by atoms with Crippen molar-refractivity contribution in [2.45, 2.75) is 12.8 Å². The molecule has 0 atom stereocenters. The number of piperidine rings is 1. The van der Waals surface area contributed by atoms with Crippen molar-refractivity contribution in [3.05, 3.63) is 20.8 Å². The highest BCUT2D eigenvalue weighted by molar-refractivity contribution is 9.10. The Morgan fingerprint density at radius 2 is 2.20 bits per heavy atom. The number of rotatable bonds is 3. The summed E-state index contributed by atoms with van der Waals surface area (Å²) < 4.78 is 5.63. The van der Waals surface area contributed by atoms with Gasteiger partial charge in [0.1, 0.15) is 0 Å². The topological polar surface area (TPSA) is 58.6 Å². The Morgan fingerprint density at radius 1 is 1.50 bits per heavy atom. The number of ether oxygens (including phenoxy) is 1. The highest BCUT2D eigenvalue weighted by Gasteiger charge is 2.23. The average Bonchev–Trinajstić information content (AvgIpc) is 2.91. The van der Waals surface area contributed by atoms with E-state index in [1.165, 1.54) is 18.4 Å². The molecule has 0 unspecified atom stereocenters. The Hall–Kier alpha value is -1.08. The van der Waals surface area contributed by atoms with Crippen LogP contribution in [0.25, 0.3) is 0 Å². The molecule has 110 valence electrons. The summed E-state index contributed by atoms with van der Waals surface area (Å²) >= 11 is 4.76. The van der Waals surface area contributed by atoms with E-state index in [9.17, 15) is 9.59 Å². The van der Waals surface area contributed by atoms with Crippen LogP contribution in [0.3, 0.4) is 0 Å². The number of nitrogens with zero attached hydrogens (tertiary/aromatic N) is 1. The molecule has 1 N–H and O–H groups in total. The van der Waals surface area contributed by atoms with Crippen molar-refractivity contribution < 1.29 is 14.3 Å². The molecule has 2 heterocycles. The number of thiophene rings is 1. The molecular weight excluding hydrogens is 344 g/mol. The first-order valence-corrected chi connectivity index (χ1v) is 8.12. The third kappa shape index (κ3) is 3.96. The maximum atomic E-state index is 11.9. The third-order valence-corrected chi connectivity index (χ3v) is 5.08. The number of carbonyl (C=O) groups is 2. The van der Waals surface area contributed by atoms with E-state index < -0.39 is 0 Å². The zero-order chi connectivity index (χ0) is 14.5. The van der Waals surface area contributed by atoms with E-state index in [0.717, 1.165) is 17.3 Å². The SMILES string of the molecule is COC(=O)N1CCC(CNC(=O)c2cc(Br)cs2)CC1. The van der Waals surface area contributed by atoms with E-state index in [2.05, 4.69) is 21.2 Å². The van der Waals surface area contributed by atoms with Gasteiger partial charge in [-0.25, -0.2) is 4.79 Å². The summed E-state index contributed by atoms with van der Waals surface area (Å²) in [5.74, 6) is 0.388. The van der Waals surface area contributed by atoms with E-state index in [1.807, 2.05) is 11.4 Å². The highest BCUT2D eigenvalue weighted by Crippen LogP contribution is 2.20. The normalized spacial score (nSPS) is 16.0. The summed E-state index contributed by atoms with van der Waals surface area (Å²) in [7, 11) is 1.40. The number of amides is 2. The van der Waals surface area contributed by atoms with Gasteiger partial charge in [0.05, 0.1) is 12.0 Å². The number of hydrogen-bond acceptors (Lipinski definition) is 4. The molecule has 0 saturated carbocycles. The van der Waals surface area contributed by atoms with Crippen molar-refractivity contribution in [1.82, 2.24) is 10.2 Å². The van der Waals surface area contributed by atoms with Crippen LogP contribution in [0.15, 0.2) is 15.9 Å². The van der Waals surface area contributed by atoms with E-state index in [-0.39, 0.29) is 12.0 Å². The van der Waals surface area contributed by atoms with Crippen LogP contribution in [0, 0.1) is 5.92 Å². The molecule has 1 aromatic heterocycles. The second-order valence-electron chi connectivity index (χ2n) is 4.74. The van der Waals surface area contributed by atoms with Crippen molar-refractivity contribution in [1.29, 1.82) is 0 Å². The zero-order valence-corrected chi connectivity index (χ0v) is 13.6. The number of likely N-dealkylation sites (tertiary alicyclic amines) is 1. The average molecular weight is 361 g/mol. The largest absolute Gasteiger partial charge is 0.453 e. The Morgan fingerprint density at radius 3 is 2.75 bits per heavy atom. The number of nitrogens with one attached hydrogen (secondary N) is 1. The fraction of sp³-hybridized carbons (Fsp3) is 0.538. The third-order valence-electron chi connectivity index (χ3n) is 3.39. The fourth-order valence-corrected chi connectivity index (χ4v) is 3.55. The van der Waals surface area contributed by atoms with Crippen LogP contribution in [-0.4, -0.2) is 43.6 Å². The molecule has 1 fully saturated rings. The zero-order valence-electron chi connectivity index (χ0n) is 11.2. The van der Waals surface area contributed by atoms with E-state index >= 15 is 0 Å². The Kier molecular flexibility index (Phi) is 5.42. The second kappa shape index (κ2) is 7.08. The van der Waals surface area contributed by atoms with Crippen LogP contribution in [-0.2, 0) is 4.74 Å². The maximum Gasteiger partial charge on any atom is 0.409 e. The van der Waals surface area contributed by atoms with Crippen LogP contribution in [0.4, 0.5) is 4.79 Å². The van der Waals surface area contributed by atoms with Gasteiger partial charge in [0, 0.05) is 29.5 Å². The minimum Gasteiger partial charge on any atom is -0.453 e. The summed E-state index contributed by atoms with van der Waals surface area (Å²) in [5, 5.41) is 4.85. The monoisotopic (exact) mass is 360 g/mol. The van der Waals surface area contributed by atoms with E-state index in [0.29, 0.717) is 30.4 Å². The molecule has 0 aromatic carbocycles. The van der Waals surface area contributed by atoms with Crippen molar-refractivity contribution in [2.75, 3.05) is 26.7 Å². The molecule has 0 bridgehead atoms. The van der Waals surface area contributed by atoms with Crippen molar-refractivity contribution in [3.8, 4) is 0 Å². The maximum absolute atomic E-state index is 11.9. The first-order chi connectivity index (χ1) is 9.60. The van der Waals surface area contributed by atoms with Crippen LogP contribution < -0.4 is 5.32 Å². The molecule has 20 heavy (non-hydrogen) atoms. The predicted octanol–water partition coefficient (Wildman–Crippen LogP) is 2.72. The lowest BCUT2D eigenvalue weighted by Gasteiger charge is -2.30. The summed E-state index contributed by atoms with van der Waals surface area (Å²) in [5.41, 5.74) is 0. The van der Waals surface area contributed by atoms with Gasteiger partial charge in [0.25, 0.3) is 5.91 Å². The molecule has 1 aromatic rings.